The molecule has 2 fully saturated rings. The van der Waals surface area contributed by atoms with Crippen molar-refractivity contribution in [1.29, 1.82) is 0 Å². The second kappa shape index (κ2) is 5.30. The Morgan fingerprint density at radius 2 is 1.79 bits per heavy atom. The largest absolute Gasteiger partial charge is 0.381 e. The molecule has 0 atom stereocenters. The van der Waals surface area contributed by atoms with Crippen molar-refractivity contribution in [3.63, 3.8) is 0 Å². The van der Waals surface area contributed by atoms with Crippen molar-refractivity contribution in [2.75, 3.05) is 30.9 Å². The summed E-state index contributed by atoms with van der Waals surface area (Å²) in [5.41, 5.74) is 2.15. The van der Waals surface area contributed by atoms with Gasteiger partial charge < -0.3 is 9.64 Å². The van der Waals surface area contributed by atoms with Crippen LogP contribution in [-0.2, 0) is 24.8 Å². The van der Waals surface area contributed by atoms with E-state index in [0.29, 0.717) is 19.8 Å². The number of nitrogens with zero attached hydrogens (tertiary/aromatic N) is 1. The van der Waals surface area contributed by atoms with Crippen molar-refractivity contribution in [2.24, 2.45) is 0 Å². The van der Waals surface area contributed by atoms with Crippen LogP contribution < -0.4 is 4.90 Å². The van der Waals surface area contributed by atoms with Gasteiger partial charge >= 0.3 is 0 Å². The van der Waals surface area contributed by atoms with Crippen molar-refractivity contribution in [3.05, 3.63) is 29.8 Å². The van der Waals surface area contributed by atoms with Gasteiger partial charge in [0.1, 0.15) is 0 Å². The zero-order valence-corrected chi connectivity index (χ0v) is 14.8. The topological polar surface area (TPSA) is 63.7 Å². The number of amides is 1. The van der Waals surface area contributed by atoms with Crippen LogP contribution in [0.25, 0.3) is 0 Å². The number of carbonyl (C=O) groups is 1. The summed E-state index contributed by atoms with van der Waals surface area (Å²) in [7, 11) is -3.52. The van der Waals surface area contributed by atoms with E-state index < -0.39 is 14.6 Å². The summed E-state index contributed by atoms with van der Waals surface area (Å²) in [6.07, 6.45) is 5.00. The lowest BCUT2D eigenvalue weighted by atomic mass is 9.66. The van der Waals surface area contributed by atoms with E-state index in [1.807, 2.05) is 18.2 Å². The van der Waals surface area contributed by atoms with E-state index in [0.717, 1.165) is 18.5 Å². The van der Waals surface area contributed by atoms with Crippen LogP contribution in [0.1, 0.15) is 37.7 Å². The minimum Gasteiger partial charge on any atom is -0.381 e. The molecule has 130 valence electrons. The Morgan fingerprint density at radius 3 is 2.38 bits per heavy atom. The summed E-state index contributed by atoms with van der Waals surface area (Å²) in [4.78, 5) is 15.2. The summed E-state index contributed by atoms with van der Waals surface area (Å²) in [5, 5.41) is 0. The van der Waals surface area contributed by atoms with Crippen molar-refractivity contribution in [3.8, 4) is 0 Å². The van der Waals surface area contributed by atoms with Gasteiger partial charge in [-0.05, 0) is 37.3 Å². The number of ether oxygens (including phenoxy) is 1. The molecule has 0 N–H and O–H groups in total. The van der Waals surface area contributed by atoms with Crippen LogP contribution >= 0.6 is 0 Å². The highest BCUT2D eigenvalue weighted by Gasteiger charge is 2.56. The minimum absolute atomic E-state index is 0.0378. The Morgan fingerprint density at radius 1 is 1.12 bits per heavy atom. The molecule has 1 aromatic rings. The SMILES string of the molecule is CS(=O)(=O)C1(C(=O)N2CC3(CCC3)c3ccccc32)CCOCC1. The maximum Gasteiger partial charge on any atom is 0.248 e. The van der Waals surface area contributed by atoms with E-state index in [2.05, 4.69) is 6.07 Å². The lowest BCUT2D eigenvalue weighted by molar-refractivity contribution is -0.123. The molecule has 4 rings (SSSR count). The lowest BCUT2D eigenvalue weighted by Crippen LogP contribution is -2.57. The standard InChI is InChI=1S/C18H23NO4S/c1-24(21,22)18(9-11-23-12-10-18)16(20)19-13-17(7-4-8-17)14-5-2-3-6-15(14)19/h2-3,5-6H,4,7-13H2,1H3. The Bertz CT molecular complexity index is 776. The molecule has 3 aliphatic rings. The summed E-state index contributed by atoms with van der Waals surface area (Å²) >= 11 is 0. The lowest BCUT2D eigenvalue weighted by Gasteiger charge is -2.41. The molecule has 0 aromatic heterocycles. The summed E-state index contributed by atoms with van der Waals surface area (Å²) in [6, 6.07) is 7.98. The van der Waals surface area contributed by atoms with Crippen LogP contribution in [0.3, 0.4) is 0 Å². The number of fused-ring (bicyclic) bond motifs is 2. The first kappa shape index (κ1) is 16.1. The van der Waals surface area contributed by atoms with Crippen LogP contribution in [0.15, 0.2) is 24.3 Å². The first-order valence-electron chi connectivity index (χ1n) is 8.59. The monoisotopic (exact) mass is 349 g/mol. The fourth-order valence-corrected chi connectivity index (χ4v) is 5.87. The molecular weight excluding hydrogens is 326 g/mol. The Balaban J connectivity index is 1.77. The van der Waals surface area contributed by atoms with Crippen LogP contribution in [0.4, 0.5) is 5.69 Å². The summed E-state index contributed by atoms with van der Waals surface area (Å²) < 4.78 is 29.1. The smallest absolute Gasteiger partial charge is 0.248 e. The minimum atomic E-state index is -3.52. The quantitative estimate of drug-likeness (QED) is 0.820. The zero-order chi connectivity index (χ0) is 17.0. The Labute approximate surface area is 142 Å². The Kier molecular flexibility index (Phi) is 3.55. The number of hydrogen-bond acceptors (Lipinski definition) is 4. The zero-order valence-electron chi connectivity index (χ0n) is 14.0. The van der Waals surface area contributed by atoms with Gasteiger partial charge in [-0.2, -0.15) is 0 Å². The van der Waals surface area contributed by atoms with E-state index in [1.165, 1.54) is 18.2 Å². The number of hydrogen-bond donors (Lipinski definition) is 0. The fourth-order valence-electron chi connectivity index (χ4n) is 4.53. The number of carbonyl (C=O) groups excluding carboxylic acids is 1. The van der Waals surface area contributed by atoms with Crippen LogP contribution in [0.5, 0.6) is 0 Å². The fraction of sp³-hybridized carbons (Fsp3) is 0.611. The van der Waals surface area contributed by atoms with Crippen LogP contribution in [0.2, 0.25) is 0 Å². The highest BCUT2D eigenvalue weighted by atomic mass is 32.2. The highest BCUT2D eigenvalue weighted by molar-refractivity contribution is 7.92. The van der Waals surface area contributed by atoms with Crippen molar-refractivity contribution >= 4 is 21.4 Å². The van der Waals surface area contributed by atoms with E-state index in [1.54, 1.807) is 4.90 Å². The molecule has 24 heavy (non-hydrogen) atoms. The highest BCUT2D eigenvalue weighted by Crippen LogP contribution is 2.53. The average Bonchev–Trinajstić information content (AvgIpc) is 2.89. The number of benzene rings is 1. The molecule has 0 unspecified atom stereocenters. The molecule has 2 aliphatic heterocycles. The van der Waals surface area contributed by atoms with E-state index in [4.69, 9.17) is 4.74 Å². The van der Waals surface area contributed by atoms with Gasteiger partial charge in [0.2, 0.25) is 5.91 Å². The van der Waals surface area contributed by atoms with E-state index in [9.17, 15) is 13.2 Å². The van der Waals surface area contributed by atoms with Gasteiger partial charge in [-0.25, -0.2) is 8.42 Å². The van der Waals surface area contributed by atoms with E-state index in [-0.39, 0.29) is 24.2 Å². The van der Waals surface area contributed by atoms with Gasteiger partial charge in [-0.15, -0.1) is 0 Å². The molecule has 0 radical (unpaired) electrons. The third-order valence-electron chi connectivity index (χ3n) is 6.18. The molecule has 1 saturated heterocycles. The Hall–Kier alpha value is -1.40. The second-order valence-corrected chi connectivity index (χ2v) is 9.75. The number of para-hydroxylation sites is 1. The maximum atomic E-state index is 13.5. The van der Waals surface area contributed by atoms with Gasteiger partial charge in [0.15, 0.2) is 14.6 Å². The molecule has 1 aromatic carbocycles. The van der Waals surface area contributed by atoms with E-state index >= 15 is 0 Å². The number of anilines is 1. The van der Waals surface area contributed by atoms with Gasteiger partial charge in [0.05, 0.1) is 0 Å². The summed E-state index contributed by atoms with van der Waals surface area (Å²) in [6.45, 7) is 1.25. The molecule has 5 nitrogen and oxygen atoms in total. The molecule has 1 amide bonds. The predicted molar refractivity (Wildman–Crippen MR) is 92.0 cm³/mol. The molecule has 1 aliphatic carbocycles. The molecule has 2 heterocycles. The predicted octanol–water partition coefficient (Wildman–Crippen LogP) is 2.05. The van der Waals surface area contributed by atoms with Gasteiger partial charge in [0, 0.05) is 37.1 Å². The number of sulfone groups is 1. The normalized spacial score (nSPS) is 24.5. The molecule has 0 bridgehead atoms. The van der Waals surface area contributed by atoms with Gasteiger partial charge in [-0.1, -0.05) is 24.6 Å². The van der Waals surface area contributed by atoms with Gasteiger partial charge in [-0.3, -0.25) is 4.79 Å². The summed E-state index contributed by atoms with van der Waals surface area (Å²) in [5.74, 6) is -0.260. The van der Waals surface area contributed by atoms with Crippen LogP contribution in [-0.4, -0.2) is 45.1 Å². The molecule has 6 heteroatoms. The third kappa shape index (κ3) is 2.09. The molecule has 1 saturated carbocycles. The second-order valence-electron chi connectivity index (χ2n) is 7.42. The van der Waals surface area contributed by atoms with Gasteiger partial charge in [0.25, 0.3) is 0 Å². The molecule has 1 spiro atoms. The van der Waals surface area contributed by atoms with Crippen molar-refractivity contribution < 1.29 is 17.9 Å². The first-order chi connectivity index (χ1) is 11.4. The molecular formula is C18H23NO4S. The first-order valence-corrected chi connectivity index (χ1v) is 10.5. The van der Waals surface area contributed by atoms with Crippen molar-refractivity contribution in [2.45, 2.75) is 42.3 Å². The van der Waals surface area contributed by atoms with Crippen molar-refractivity contribution in [1.82, 2.24) is 0 Å². The maximum absolute atomic E-state index is 13.5. The number of rotatable bonds is 2. The van der Waals surface area contributed by atoms with Crippen LogP contribution in [0, 0.1) is 0 Å². The third-order valence-corrected chi connectivity index (χ3v) is 8.19. The average molecular weight is 349 g/mol.